The number of nitrogens with two attached hydrogens (primary N) is 2. The number of halogens is 1. The van der Waals surface area contributed by atoms with Crippen LogP contribution in [-0.4, -0.2) is 94.0 Å². The highest BCUT2D eigenvalue weighted by Gasteiger charge is 2.96. The van der Waals surface area contributed by atoms with Gasteiger partial charge in [-0.15, -0.1) is 0 Å². The molecule has 4 aromatic rings. The Morgan fingerprint density at radius 3 is 2.59 bits per heavy atom. The number of imidazole rings is 2. The van der Waals surface area contributed by atoms with Gasteiger partial charge in [0.05, 0.1) is 25.9 Å². The Labute approximate surface area is 265 Å². The second-order valence-corrected chi connectivity index (χ2v) is 16.8. The summed E-state index contributed by atoms with van der Waals surface area (Å²) in [6.07, 6.45) is -6.04. The Morgan fingerprint density at radius 2 is 1.78 bits per heavy atom. The highest BCUT2D eigenvalue weighted by Crippen LogP contribution is 2.79. The summed E-state index contributed by atoms with van der Waals surface area (Å²) in [5, 5.41) is 0. The van der Waals surface area contributed by atoms with E-state index in [-0.39, 0.29) is 29.5 Å². The maximum atomic E-state index is 16.0. The summed E-state index contributed by atoms with van der Waals surface area (Å²) in [6.45, 7) is -9.68. The standard InChI is InChI=1S/C21H21FN10O10P2S2/c22-7-6-1-37-43(34,45)42-21-11-17(31-4-27-8-12(23)25-3-26-13(8)31)39-20(21,2-36-11)18(21)41-44(35,46)40-10(7)16(38-6)32-5-28-9-14(32)29-19(24)30-15(9)33/h3-7,10-11,16-18H,1-2H2,(H,34,45)(H,35,46)(H2,23,25,26)(H3,24,29,30,33)/t6-,7-,10-,11+,16-,17-,18+,20-,21-,43+,44-/m1/s1. The third-order valence-electron chi connectivity index (χ3n) is 8.69. The van der Waals surface area contributed by atoms with Gasteiger partial charge in [-0.25, -0.2) is 33.5 Å². The van der Waals surface area contributed by atoms with Crippen LogP contribution in [0.1, 0.15) is 12.5 Å². The largest absolute Gasteiger partial charge is 0.387 e. The summed E-state index contributed by atoms with van der Waals surface area (Å²) in [6, 6.07) is 0. The minimum absolute atomic E-state index is 0.0708. The van der Waals surface area contributed by atoms with E-state index >= 15 is 4.39 Å². The van der Waals surface area contributed by atoms with Gasteiger partial charge in [0.25, 0.3) is 5.56 Å². The molecule has 46 heavy (non-hydrogen) atoms. The Bertz CT molecular complexity index is 2120. The number of hydrogen-bond donors (Lipinski definition) is 5. The smallest absolute Gasteiger partial charge is 0.382 e. The van der Waals surface area contributed by atoms with Gasteiger partial charge >= 0.3 is 13.6 Å². The Hall–Kier alpha value is -2.69. The van der Waals surface area contributed by atoms with Crippen molar-refractivity contribution in [2.75, 3.05) is 24.7 Å². The van der Waals surface area contributed by atoms with E-state index in [1.54, 1.807) is 0 Å². The fraction of sp³-hybridized carbons (Fsp3) is 0.524. The van der Waals surface area contributed by atoms with Crippen LogP contribution < -0.4 is 17.0 Å². The lowest BCUT2D eigenvalue weighted by Crippen LogP contribution is -2.42. The Morgan fingerprint density at radius 1 is 1.02 bits per heavy atom. The number of hydrogen-bond acceptors (Lipinski definition) is 17. The number of anilines is 2. The molecule has 5 fully saturated rings. The van der Waals surface area contributed by atoms with E-state index in [0.29, 0.717) is 11.2 Å². The summed E-state index contributed by atoms with van der Waals surface area (Å²) in [7, 11) is 0. The van der Waals surface area contributed by atoms with Crippen molar-refractivity contribution in [2.45, 2.75) is 54.2 Å². The van der Waals surface area contributed by atoms with Crippen LogP contribution in [-0.2, 0) is 41.4 Å². The van der Waals surface area contributed by atoms with Crippen LogP contribution in [0.2, 0.25) is 0 Å². The van der Waals surface area contributed by atoms with E-state index in [0.717, 1.165) is 6.33 Å². The molecule has 4 bridgehead atoms. The summed E-state index contributed by atoms with van der Waals surface area (Å²) in [5.74, 6) is -0.107. The summed E-state index contributed by atoms with van der Waals surface area (Å²) in [4.78, 5) is 35.2. The molecule has 4 aliphatic heterocycles. The zero-order valence-corrected chi connectivity index (χ0v) is 26.3. The van der Waals surface area contributed by atoms with Gasteiger partial charge < -0.3 is 25.7 Å². The van der Waals surface area contributed by atoms with Crippen LogP contribution in [0, 0.1) is 0 Å². The third kappa shape index (κ3) is 3.89. The third-order valence-corrected chi connectivity index (χ3v) is 11.8. The Kier molecular flexibility index (Phi) is 6.06. The fourth-order valence-corrected chi connectivity index (χ4v) is 10.2. The number of H-pyrrole nitrogens is 1. The van der Waals surface area contributed by atoms with Crippen LogP contribution in [0.4, 0.5) is 16.2 Å². The predicted octanol–water partition coefficient (Wildman–Crippen LogP) is 0.671. The van der Waals surface area contributed by atoms with Crippen LogP contribution in [0.3, 0.4) is 0 Å². The molecule has 0 radical (unpaired) electrons. The minimum atomic E-state index is -4.52. The molecule has 5 N–H and O–H groups in total. The van der Waals surface area contributed by atoms with E-state index in [1.807, 2.05) is 0 Å². The zero-order chi connectivity index (χ0) is 32.0. The van der Waals surface area contributed by atoms with Crippen molar-refractivity contribution in [3.63, 3.8) is 0 Å². The van der Waals surface area contributed by atoms with Crippen molar-refractivity contribution in [1.29, 1.82) is 0 Å². The number of alkyl halides is 1. The first-order chi connectivity index (χ1) is 21.8. The van der Waals surface area contributed by atoms with Gasteiger partial charge in [-0.1, -0.05) is 24.5 Å². The second-order valence-electron chi connectivity index (χ2n) is 11.2. The van der Waals surface area contributed by atoms with E-state index in [1.165, 1.54) is 21.8 Å². The zero-order valence-electron chi connectivity index (χ0n) is 22.7. The lowest BCUT2D eigenvalue weighted by molar-refractivity contribution is -0.189. The van der Waals surface area contributed by atoms with Gasteiger partial charge in [0.15, 0.2) is 52.5 Å². The molecule has 1 spiro atoms. The van der Waals surface area contributed by atoms with Crippen LogP contribution >= 0.6 is 38.1 Å². The number of aromatic amines is 1. The number of fused-ring (bicyclic) bond motifs is 4. The lowest BCUT2D eigenvalue weighted by Gasteiger charge is -2.34. The number of aromatic nitrogens is 8. The second kappa shape index (κ2) is 9.47. The topological polar surface area (TPSA) is 258 Å². The van der Waals surface area contributed by atoms with E-state index in [9.17, 15) is 13.9 Å². The number of nitrogen functional groups attached to an aromatic ring is 2. The molecule has 25 heteroatoms. The molecule has 0 unspecified atom stereocenters. The van der Waals surface area contributed by atoms with Gasteiger partial charge in [0.1, 0.15) is 36.3 Å². The van der Waals surface area contributed by atoms with E-state index in [4.69, 9.17) is 43.8 Å². The average molecular weight is 719 g/mol. The molecule has 11 atom stereocenters. The summed E-state index contributed by atoms with van der Waals surface area (Å²) >= 11 is 8.31. The van der Waals surface area contributed by atoms with Crippen molar-refractivity contribution < 1.29 is 45.8 Å². The van der Waals surface area contributed by atoms with Gasteiger partial charge in [-0.3, -0.25) is 37.0 Å². The first kappa shape index (κ1) is 29.4. The molecule has 4 aromatic heterocycles. The van der Waals surface area contributed by atoms with E-state index < -0.39 is 80.0 Å². The molecule has 8 heterocycles. The molecule has 5 aliphatic rings. The summed E-state index contributed by atoms with van der Waals surface area (Å²) < 4.78 is 87.7. The monoisotopic (exact) mass is 718 g/mol. The normalized spacial score (nSPS) is 43.3. The molecule has 0 amide bonds. The van der Waals surface area contributed by atoms with E-state index in [2.05, 4.69) is 54.4 Å². The summed E-state index contributed by atoms with van der Waals surface area (Å²) in [5.41, 5.74) is 8.23. The number of ether oxygens (including phenoxy) is 3. The fourth-order valence-electron chi connectivity index (χ4n) is 6.73. The van der Waals surface area contributed by atoms with Gasteiger partial charge in [0, 0.05) is 0 Å². The van der Waals surface area contributed by atoms with Crippen LogP contribution in [0.15, 0.2) is 23.8 Å². The molecule has 1 aliphatic carbocycles. The Balaban J connectivity index is 1.08. The molecule has 20 nitrogen and oxygen atoms in total. The number of thiol groups is 2. The first-order valence-corrected chi connectivity index (χ1v) is 18.9. The lowest BCUT2D eigenvalue weighted by atomic mass is 10.1. The van der Waals surface area contributed by atoms with Crippen LogP contribution in [0.25, 0.3) is 22.3 Å². The van der Waals surface area contributed by atoms with Gasteiger partial charge in [-0.05, 0) is 0 Å². The number of nitrogens with one attached hydrogen (secondary N) is 1. The highest BCUT2D eigenvalue weighted by molar-refractivity contribution is 8.44. The van der Waals surface area contributed by atoms with Crippen molar-refractivity contribution in [3.8, 4) is 0 Å². The van der Waals surface area contributed by atoms with Crippen LogP contribution in [0.5, 0.6) is 0 Å². The quantitative estimate of drug-likeness (QED) is 0.141. The van der Waals surface area contributed by atoms with Gasteiger partial charge in [0.2, 0.25) is 5.95 Å². The molecule has 244 valence electrons. The van der Waals surface area contributed by atoms with Gasteiger partial charge in [-0.2, -0.15) is 4.98 Å². The van der Waals surface area contributed by atoms with Crippen molar-refractivity contribution in [2.24, 2.45) is 0 Å². The molecular weight excluding hydrogens is 697 g/mol. The number of nitrogens with zero attached hydrogens (tertiary/aromatic N) is 7. The maximum Gasteiger partial charge on any atom is 0.387 e. The molecule has 4 saturated heterocycles. The maximum absolute atomic E-state index is 16.0. The minimum Gasteiger partial charge on any atom is -0.382 e. The highest BCUT2D eigenvalue weighted by atomic mass is 32.7. The molecular formula is C21H21FN10O10P2S2. The SMILES string of the molecule is Nc1nc2c(ncn2[C@@H]2O[C@@H]3CO[P@](=O)(S)O[C@]45[C@@H](O[P@](=O)(S)O[C@@H]2[C@@H]3F)[C@]42CO[C@H]5[C@H](n3cnc4c(N)ncnc43)O2)c(=O)[nH]1. The predicted molar refractivity (Wildman–Crippen MR) is 156 cm³/mol. The molecule has 0 aromatic carbocycles. The van der Waals surface area contributed by atoms with Crippen molar-refractivity contribution in [3.05, 3.63) is 29.3 Å². The first-order valence-electron chi connectivity index (χ1n) is 13.5. The van der Waals surface area contributed by atoms with Crippen molar-refractivity contribution in [1.82, 2.24) is 39.0 Å². The van der Waals surface area contributed by atoms with Crippen molar-refractivity contribution >= 4 is 72.2 Å². The molecule has 1 saturated carbocycles. The molecule has 9 rings (SSSR count). The average Bonchev–Trinajstić information content (AvgIpc) is 3.64. The number of rotatable bonds is 2.